The number of pyridine rings is 2. The second-order valence-corrected chi connectivity index (χ2v) is 10.6. The van der Waals surface area contributed by atoms with Crippen molar-refractivity contribution in [2.45, 2.75) is 29.0 Å². The third-order valence-corrected chi connectivity index (χ3v) is 8.27. The average molecular weight is 491 g/mol. The highest BCUT2D eigenvalue weighted by Crippen LogP contribution is 2.28. The monoisotopic (exact) mass is 490 g/mol. The molecule has 0 bridgehead atoms. The quantitative estimate of drug-likeness (QED) is 0.246. The number of thioether (sulfide) groups is 2. The standard InChI is InChI=1S/C28H34N4S2/c1-24-26(23-34-28-12-5-6-14-30-28)29-15-13-27(24)33-22-8-17-32-20-18-31(19-21-32)16-7-11-25-9-3-2-4-10-25/h2-7,9-15H,8,16-23H2,1H3/b11-7+. The Hall–Kier alpha value is -2.12. The number of aromatic nitrogens is 2. The SMILES string of the molecule is Cc1c(SCCCN2CCN(C/C=C/c3ccccc3)CC2)ccnc1CSc1ccccn1. The van der Waals surface area contributed by atoms with Gasteiger partial charge in [-0.2, -0.15) is 0 Å². The predicted octanol–water partition coefficient (Wildman–Crippen LogP) is 5.89. The van der Waals surface area contributed by atoms with Gasteiger partial charge in [-0.1, -0.05) is 48.6 Å². The van der Waals surface area contributed by atoms with Crippen LogP contribution in [0.15, 0.2) is 83.0 Å². The van der Waals surface area contributed by atoms with Gasteiger partial charge in [0.15, 0.2) is 0 Å². The van der Waals surface area contributed by atoms with Gasteiger partial charge in [-0.25, -0.2) is 4.98 Å². The molecule has 1 saturated heterocycles. The zero-order valence-corrected chi connectivity index (χ0v) is 21.6. The fourth-order valence-electron chi connectivity index (χ4n) is 4.00. The number of hydrogen-bond donors (Lipinski definition) is 0. The van der Waals surface area contributed by atoms with Crippen LogP contribution in [0.2, 0.25) is 0 Å². The zero-order valence-electron chi connectivity index (χ0n) is 20.0. The second kappa shape index (κ2) is 13.7. The Morgan fingerprint density at radius 2 is 1.65 bits per heavy atom. The zero-order chi connectivity index (χ0) is 23.4. The first-order chi connectivity index (χ1) is 16.8. The van der Waals surface area contributed by atoms with Crippen molar-refractivity contribution in [3.63, 3.8) is 0 Å². The Labute approximate surface area is 212 Å². The Morgan fingerprint density at radius 1 is 0.853 bits per heavy atom. The van der Waals surface area contributed by atoms with Crippen LogP contribution in [0.1, 0.15) is 23.2 Å². The summed E-state index contributed by atoms with van der Waals surface area (Å²) in [6.07, 6.45) is 9.54. The van der Waals surface area contributed by atoms with Crippen LogP contribution in [0.4, 0.5) is 0 Å². The van der Waals surface area contributed by atoms with Gasteiger partial charge in [0.25, 0.3) is 0 Å². The van der Waals surface area contributed by atoms with Crippen molar-refractivity contribution < 1.29 is 0 Å². The maximum absolute atomic E-state index is 4.62. The first kappa shape index (κ1) is 25.0. The van der Waals surface area contributed by atoms with Crippen LogP contribution in [0, 0.1) is 6.92 Å². The molecule has 4 nitrogen and oxygen atoms in total. The molecule has 0 spiro atoms. The first-order valence-corrected chi connectivity index (χ1v) is 14.0. The molecule has 178 valence electrons. The fraction of sp³-hybridized carbons (Fsp3) is 0.357. The van der Waals surface area contributed by atoms with E-state index in [-0.39, 0.29) is 0 Å². The molecule has 0 atom stereocenters. The van der Waals surface area contributed by atoms with Crippen molar-refractivity contribution in [1.29, 1.82) is 0 Å². The number of benzene rings is 1. The number of nitrogens with zero attached hydrogens (tertiary/aromatic N) is 4. The summed E-state index contributed by atoms with van der Waals surface area (Å²) >= 11 is 3.72. The minimum atomic E-state index is 0.863. The van der Waals surface area contributed by atoms with E-state index in [9.17, 15) is 0 Å². The topological polar surface area (TPSA) is 32.3 Å². The van der Waals surface area contributed by atoms with E-state index in [0.717, 1.165) is 41.9 Å². The maximum Gasteiger partial charge on any atom is 0.0963 e. The van der Waals surface area contributed by atoms with Crippen LogP contribution >= 0.6 is 23.5 Å². The van der Waals surface area contributed by atoms with Gasteiger partial charge in [-0.05, 0) is 55.0 Å². The van der Waals surface area contributed by atoms with Gasteiger partial charge >= 0.3 is 0 Å². The summed E-state index contributed by atoms with van der Waals surface area (Å²) in [4.78, 5) is 15.6. The molecule has 0 unspecified atom stereocenters. The predicted molar refractivity (Wildman–Crippen MR) is 146 cm³/mol. The molecule has 34 heavy (non-hydrogen) atoms. The minimum Gasteiger partial charge on any atom is -0.301 e. The van der Waals surface area contributed by atoms with Crippen molar-refractivity contribution >= 4 is 29.6 Å². The minimum absolute atomic E-state index is 0.863. The average Bonchev–Trinajstić information content (AvgIpc) is 2.89. The molecule has 6 heteroatoms. The van der Waals surface area contributed by atoms with Gasteiger partial charge in [0.1, 0.15) is 0 Å². The summed E-state index contributed by atoms with van der Waals surface area (Å²) in [6, 6.07) is 18.8. The largest absolute Gasteiger partial charge is 0.301 e. The van der Waals surface area contributed by atoms with E-state index in [1.165, 1.54) is 42.1 Å². The van der Waals surface area contributed by atoms with Gasteiger partial charge in [-0.3, -0.25) is 9.88 Å². The molecule has 0 aliphatic carbocycles. The molecule has 0 amide bonds. The lowest BCUT2D eigenvalue weighted by molar-refractivity contribution is 0.143. The van der Waals surface area contributed by atoms with Crippen LogP contribution < -0.4 is 0 Å². The Balaban J connectivity index is 1.13. The van der Waals surface area contributed by atoms with E-state index < -0.39 is 0 Å². The van der Waals surface area contributed by atoms with Gasteiger partial charge in [-0.15, -0.1) is 23.5 Å². The maximum atomic E-state index is 4.62. The molecule has 1 fully saturated rings. The summed E-state index contributed by atoms with van der Waals surface area (Å²) in [7, 11) is 0. The summed E-state index contributed by atoms with van der Waals surface area (Å²) in [5, 5.41) is 1.05. The van der Waals surface area contributed by atoms with E-state index in [1.807, 2.05) is 36.3 Å². The van der Waals surface area contributed by atoms with Crippen LogP contribution in [0.5, 0.6) is 0 Å². The van der Waals surface area contributed by atoms with Crippen LogP contribution in [0.3, 0.4) is 0 Å². The summed E-state index contributed by atoms with van der Waals surface area (Å²) in [5.41, 5.74) is 3.76. The lowest BCUT2D eigenvalue weighted by Gasteiger charge is -2.34. The third-order valence-electron chi connectivity index (χ3n) is 6.07. The van der Waals surface area contributed by atoms with E-state index in [2.05, 4.69) is 81.3 Å². The summed E-state index contributed by atoms with van der Waals surface area (Å²) < 4.78 is 0. The van der Waals surface area contributed by atoms with Crippen molar-refractivity contribution in [3.8, 4) is 0 Å². The molecule has 0 N–H and O–H groups in total. The van der Waals surface area contributed by atoms with Crippen molar-refractivity contribution in [2.24, 2.45) is 0 Å². The van der Waals surface area contributed by atoms with E-state index in [1.54, 1.807) is 11.8 Å². The third kappa shape index (κ3) is 7.98. The smallest absolute Gasteiger partial charge is 0.0963 e. The van der Waals surface area contributed by atoms with Crippen LogP contribution in [-0.4, -0.2) is 64.8 Å². The van der Waals surface area contributed by atoms with E-state index in [4.69, 9.17) is 0 Å². The van der Waals surface area contributed by atoms with Crippen molar-refractivity contribution in [2.75, 3.05) is 45.0 Å². The van der Waals surface area contributed by atoms with E-state index in [0.29, 0.717) is 0 Å². The lowest BCUT2D eigenvalue weighted by atomic mass is 10.2. The molecule has 3 heterocycles. The number of piperazine rings is 1. The first-order valence-electron chi connectivity index (χ1n) is 12.1. The van der Waals surface area contributed by atoms with Gasteiger partial charge < -0.3 is 4.90 Å². The normalized spacial score (nSPS) is 15.2. The van der Waals surface area contributed by atoms with Gasteiger partial charge in [0, 0.05) is 55.8 Å². The summed E-state index contributed by atoms with van der Waals surface area (Å²) in [5.74, 6) is 2.01. The second-order valence-electron chi connectivity index (χ2n) is 8.49. The highest BCUT2D eigenvalue weighted by atomic mass is 32.2. The molecular weight excluding hydrogens is 456 g/mol. The van der Waals surface area contributed by atoms with E-state index >= 15 is 0 Å². The van der Waals surface area contributed by atoms with Gasteiger partial charge in [0.2, 0.25) is 0 Å². The molecular formula is C28H34N4S2. The number of rotatable bonds is 11. The number of hydrogen-bond acceptors (Lipinski definition) is 6. The molecule has 4 rings (SSSR count). The van der Waals surface area contributed by atoms with Crippen LogP contribution in [0.25, 0.3) is 6.08 Å². The highest BCUT2D eigenvalue weighted by molar-refractivity contribution is 7.99. The van der Waals surface area contributed by atoms with Crippen LogP contribution in [-0.2, 0) is 5.75 Å². The Kier molecular flexibility index (Phi) is 10.1. The molecule has 1 aliphatic heterocycles. The highest BCUT2D eigenvalue weighted by Gasteiger charge is 2.15. The lowest BCUT2D eigenvalue weighted by Crippen LogP contribution is -2.46. The van der Waals surface area contributed by atoms with Gasteiger partial charge in [0.05, 0.1) is 10.7 Å². The molecule has 2 aromatic heterocycles. The summed E-state index contributed by atoms with van der Waals surface area (Å²) in [6.45, 7) is 9.10. The molecule has 3 aromatic rings. The molecule has 0 saturated carbocycles. The van der Waals surface area contributed by atoms with Crippen molar-refractivity contribution in [1.82, 2.24) is 19.8 Å². The molecule has 1 aliphatic rings. The van der Waals surface area contributed by atoms with Crippen molar-refractivity contribution in [3.05, 3.63) is 89.9 Å². The fourth-order valence-corrected chi connectivity index (χ4v) is 5.87. The molecule has 0 radical (unpaired) electrons. The Morgan fingerprint density at radius 3 is 2.44 bits per heavy atom. The molecule has 1 aromatic carbocycles. The Bertz CT molecular complexity index is 1020.